The molecular weight excluding hydrogens is 499 g/mol. The molecule has 5 rings (SSSR count). The highest BCUT2D eigenvalue weighted by Crippen LogP contribution is 2.39. The quantitative estimate of drug-likeness (QED) is 0.305. The van der Waals surface area contributed by atoms with E-state index in [1.165, 1.54) is 18.3 Å². The third-order valence-corrected chi connectivity index (χ3v) is 6.25. The van der Waals surface area contributed by atoms with E-state index in [2.05, 4.69) is 24.1 Å². The molecule has 0 bridgehead atoms. The normalized spacial score (nSPS) is 13.2. The van der Waals surface area contributed by atoms with Gasteiger partial charge in [0, 0.05) is 16.9 Å². The summed E-state index contributed by atoms with van der Waals surface area (Å²) >= 11 is 0. The molecule has 0 amide bonds. The number of hydrogen-bond donors (Lipinski definition) is 2. The van der Waals surface area contributed by atoms with Crippen molar-refractivity contribution in [2.45, 2.75) is 12.1 Å². The van der Waals surface area contributed by atoms with Crippen molar-refractivity contribution in [1.82, 2.24) is 19.9 Å². The summed E-state index contributed by atoms with van der Waals surface area (Å²) in [5, 5.41) is 0. The molecule has 4 aromatic rings. The fraction of sp³-hybridized carbons (Fsp3) is 0.0909. The van der Waals surface area contributed by atoms with Gasteiger partial charge in [0.15, 0.2) is 17.0 Å². The van der Waals surface area contributed by atoms with E-state index in [0.717, 1.165) is 17.3 Å². The highest BCUT2D eigenvalue weighted by atomic mass is 32.2. The van der Waals surface area contributed by atoms with Crippen LogP contribution in [0.1, 0.15) is 16.8 Å². The van der Waals surface area contributed by atoms with Crippen molar-refractivity contribution in [2.75, 3.05) is 16.4 Å². The molecule has 2 aromatic heterocycles. The van der Waals surface area contributed by atoms with Crippen LogP contribution in [0.25, 0.3) is 23.3 Å². The molecule has 0 fully saturated rings. The van der Waals surface area contributed by atoms with E-state index in [-0.39, 0.29) is 29.5 Å². The van der Waals surface area contributed by atoms with Crippen molar-refractivity contribution in [1.29, 1.82) is 0 Å². The topological polar surface area (TPSA) is 150 Å². The van der Waals surface area contributed by atoms with Gasteiger partial charge in [-0.2, -0.15) is 31.6 Å². The van der Waals surface area contributed by atoms with Gasteiger partial charge in [-0.3, -0.25) is 0 Å². The van der Waals surface area contributed by atoms with Crippen molar-refractivity contribution in [3.63, 3.8) is 0 Å². The van der Waals surface area contributed by atoms with E-state index in [9.17, 15) is 21.6 Å². The zero-order valence-corrected chi connectivity index (χ0v) is 19.0. The molecule has 10 nitrogen and oxygen atoms in total. The third kappa shape index (κ3) is 4.22. The zero-order chi connectivity index (χ0) is 25.7. The van der Waals surface area contributed by atoms with E-state index in [1.807, 2.05) is 29.2 Å². The number of nitrogens with zero attached hydrogens (tertiary/aromatic N) is 5. The van der Waals surface area contributed by atoms with Gasteiger partial charge < -0.3 is 20.6 Å². The van der Waals surface area contributed by atoms with Crippen LogP contribution < -0.4 is 20.6 Å². The summed E-state index contributed by atoms with van der Waals surface area (Å²) in [5.41, 5.74) is 9.55. The largest absolute Gasteiger partial charge is 0.534 e. The number of fused-ring (bicyclic) bond motifs is 3. The molecule has 14 heteroatoms. The number of rotatable bonds is 4. The van der Waals surface area contributed by atoms with Gasteiger partial charge in [0.25, 0.3) is 0 Å². The Morgan fingerprint density at radius 1 is 0.944 bits per heavy atom. The predicted octanol–water partition coefficient (Wildman–Crippen LogP) is 3.63. The first-order chi connectivity index (χ1) is 17.0. The summed E-state index contributed by atoms with van der Waals surface area (Å²) in [7, 11) is -5.82. The smallest absolute Gasteiger partial charge is 0.382 e. The van der Waals surface area contributed by atoms with Crippen molar-refractivity contribution >= 4 is 56.6 Å². The minimum Gasteiger partial charge on any atom is -0.382 e. The molecule has 0 atom stereocenters. The maximum atomic E-state index is 12.8. The molecule has 1 aliphatic rings. The molecule has 1 aliphatic heterocycles. The Morgan fingerprint density at radius 3 is 2.44 bits per heavy atom. The second-order valence-electron chi connectivity index (χ2n) is 7.68. The number of alkyl halides is 3. The molecule has 0 saturated carbocycles. The maximum Gasteiger partial charge on any atom is 0.534 e. The highest BCUT2D eigenvalue weighted by Gasteiger charge is 2.48. The first-order valence-corrected chi connectivity index (χ1v) is 11.7. The molecular formula is C22H16F3N7O3S. The first kappa shape index (κ1) is 23.3. The standard InChI is InChI=1S/C22H16F3N7O3S/c23-22(24,25)36(33,34)35-15-7-8-17-13(9-15)6-5-12-3-1-2-4-16(12)32(17)11-14-10-28-20-18(29-14)19(26)30-21(27)31-20/h1-10H,11H2,(H4,26,27,28,30,31). The molecule has 2 aromatic carbocycles. The molecule has 0 aliphatic carbocycles. The van der Waals surface area contributed by atoms with Gasteiger partial charge in [-0.15, -0.1) is 0 Å². The number of para-hydroxylation sites is 1. The molecule has 0 saturated heterocycles. The lowest BCUT2D eigenvalue weighted by molar-refractivity contribution is -0.0500. The zero-order valence-electron chi connectivity index (χ0n) is 18.1. The van der Waals surface area contributed by atoms with Crippen LogP contribution in [0, 0.1) is 0 Å². The fourth-order valence-corrected chi connectivity index (χ4v) is 4.16. The number of halogens is 3. The third-order valence-electron chi connectivity index (χ3n) is 5.27. The van der Waals surface area contributed by atoms with Gasteiger partial charge in [-0.05, 0) is 29.8 Å². The van der Waals surface area contributed by atoms with Crippen molar-refractivity contribution in [2.24, 2.45) is 0 Å². The van der Waals surface area contributed by atoms with Gasteiger partial charge in [-0.25, -0.2) is 9.97 Å². The van der Waals surface area contributed by atoms with Crippen LogP contribution in [-0.4, -0.2) is 33.9 Å². The maximum absolute atomic E-state index is 12.8. The van der Waals surface area contributed by atoms with Gasteiger partial charge in [0.1, 0.15) is 5.75 Å². The highest BCUT2D eigenvalue weighted by molar-refractivity contribution is 7.88. The predicted molar refractivity (Wildman–Crippen MR) is 127 cm³/mol. The Balaban J connectivity index is 1.58. The second-order valence-corrected chi connectivity index (χ2v) is 9.22. The van der Waals surface area contributed by atoms with Crippen LogP contribution in [-0.2, 0) is 16.7 Å². The Morgan fingerprint density at radius 2 is 1.67 bits per heavy atom. The van der Waals surface area contributed by atoms with Gasteiger partial charge in [0.05, 0.1) is 18.4 Å². The molecule has 184 valence electrons. The molecule has 4 N–H and O–H groups in total. The van der Waals surface area contributed by atoms with Crippen LogP contribution in [0.4, 0.5) is 36.3 Å². The van der Waals surface area contributed by atoms with Crippen LogP contribution in [0.15, 0.2) is 48.7 Å². The average molecular weight is 515 g/mol. The number of hydrogen-bond acceptors (Lipinski definition) is 10. The lowest BCUT2D eigenvalue weighted by Crippen LogP contribution is -2.28. The minimum absolute atomic E-state index is 0.0333. The monoisotopic (exact) mass is 515 g/mol. The minimum atomic E-state index is -5.82. The van der Waals surface area contributed by atoms with E-state index in [1.54, 1.807) is 12.2 Å². The summed E-state index contributed by atoms with van der Waals surface area (Å²) in [4.78, 5) is 18.6. The van der Waals surface area contributed by atoms with E-state index in [0.29, 0.717) is 16.9 Å². The Bertz CT molecular complexity index is 1640. The summed E-state index contributed by atoms with van der Waals surface area (Å²) in [6.45, 7) is 0.180. The van der Waals surface area contributed by atoms with Crippen LogP contribution in [0.3, 0.4) is 0 Å². The lowest BCUT2D eigenvalue weighted by Gasteiger charge is -2.27. The number of anilines is 4. The lowest BCUT2D eigenvalue weighted by atomic mass is 10.1. The number of aromatic nitrogens is 4. The van der Waals surface area contributed by atoms with Crippen molar-refractivity contribution < 1.29 is 25.8 Å². The summed E-state index contributed by atoms with van der Waals surface area (Å²) < 4.78 is 65.7. The van der Waals surface area contributed by atoms with E-state index in [4.69, 9.17) is 11.5 Å². The first-order valence-electron chi connectivity index (χ1n) is 10.3. The van der Waals surface area contributed by atoms with E-state index >= 15 is 0 Å². The Hall–Kier alpha value is -4.46. The molecule has 0 spiro atoms. The summed E-state index contributed by atoms with van der Waals surface area (Å²) in [5.74, 6) is -0.443. The summed E-state index contributed by atoms with van der Waals surface area (Å²) in [6.07, 6.45) is 4.92. The molecule has 3 heterocycles. The molecule has 36 heavy (non-hydrogen) atoms. The Kier molecular flexibility index (Phi) is 5.39. The van der Waals surface area contributed by atoms with E-state index < -0.39 is 21.4 Å². The molecule has 0 radical (unpaired) electrons. The second kappa shape index (κ2) is 8.34. The average Bonchev–Trinajstić information content (AvgIpc) is 2.95. The SMILES string of the molecule is Nc1nc(N)c2nc(CN3c4ccccc4C=Cc4cc(OS(=O)(=O)C(F)(F)F)ccc43)cnc2n1. The van der Waals surface area contributed by atoms with Gasteiger partial charge in [-0.1, -0.05) is 30.4 Å². The fourth-order valence-electron chi connectivity index (χ4n) is 3.71. The number of nitrogen functional groups attached to an aromatic ring is 2. The van der Waals surface area contributed by atoms with Crippen molar-refractivity contribution in [3.8, 4) is 5.75 Å². The van der Waals surface area contributed by atoms with Gasteiger partial charge in [0.2, 0.25) is 5.95 Å². The van der Waals surface area contributed by atoms with Crippen LogP contribution in [0.2, 0.25) is 0 Å². The Labute approximate surface area is 202 Å². The van der Waals surface area contributed by atoms with Crippen LogP contribution >= 0.6 is 0 Å². The van der Waals surface area contributed by atoms with Gasteiger partial charge >= 0.3 is 15.6 Å². The van der Waals surface area contributed by atoms with Crippen molar-refractivity contribution in [3.05, 3.63) is 65.5 Å². The molecule has 0 unspecified atom stereocenters. The number of nitrogens with two attached hydrogens (primary N) is 2. The summed E-state index contributed by atoms with van der Waals surface area (Å²) in [6, 6.07) is 11.2. The number of benzene rings is 2. The van der Waals surface area contributed by atoms with Crippen LogP contribution in [0.5, 0.6) is 5.75 Å².